The van der Waals surface area contributed by atoms with Crippen molar-refractivity contribution in [1.82, 2.24) is 19.6 Å². The Labute approximate surface area is 129 Å². The molecule has 0 aliphatic heterocycles. The highest BCUT2D eigenvalue weighted by Crippen LogP contribution is 2.28. The van der Waals surface area contributed by atoms with E-state index >= 15 is 0 Å². The molecule has 0 N–H and O–H groups in total. The van der Waals surface area contributed by atoms with Crippen LogP contribution in [-0.4, -0.2) is 26.7 Å². The minimum atomic E-state index is 0.481. The van der Waals surface area contributed by atoms with Gasteiger partial charge in [-0.2, -0.15) is 4.37 Å². The van der Waals surface area contributed by atoms with Gasteiger partial charge in [0.25, 0.3) is 5.22 Å². The first-order chi connectivity index (χ1) is 10.2. The van der Waals surface area contributed by atoms with E-state index in [0.717, 1.165) is 21.5 Å². The van der Waals surface area contributed by atoms with Crippen molar-refractivity contribution in [3.63, 3.8) is 0 Å². The van der Waals surface area contributed by atoms with Gasteiger partial charge in [-0.3, -0.25) is 0 Å². The topological polar surface area (TPSA) is 73.9 Å². The zero-order chi connectivity index (χ0) is 14.7. The van der Waals surface area contributed by atoms with Gasteiger partial charge in [0.1, 0.15) is 11.6 Å². The summed E-state index contributed by atoms with van der Waals surface area (Å²) in [4.78, 5) is 4.25. The summed E-state index contributed by atoms with van der Waals surface area (Å²) in [6.45, 7) is 1.85. The molecule has 8 heteroatoms. The number of nitrogens with zero attached hydrogens (tertiary/aromatic N) is 4. The first-order valence-electron chi connectivity index (χ1n) is 6.16. The fourth-order valence-corrected chi connectivity index (χ4v) is 3.11. The Morgan fingerprint density at radius 3 is 2.71 bits per heavy atom. The molecule has 2 heterocycles. The summed E-state index contributed by atoms with van der Waals surface area (Å²) in [6.07, 6.45) is 0.590. The lowest BCUT2D eigenvalue weighted by atomic mass is 10.1. The molecule has 0 saturated carbocycles. The monoisotopic (exact) mass is 320 g/mol. The number of benzene rings is 1. The van der Waals surface area contributed by atoms with Crippen molar-refractivity contribution in [2.24, 2.45) is 0 Å². The van der Waals surface area contributed by atoms with Gasteiger partial charge in [-0.1, -0.05) is 12.1 Å². The highest BCUT2D eigenvalue weighted by atomic mass is 32.2. The fraction of sp³-hybridized carbons (Fsp3) is 0.231. The maximum absolute atomic E-state index is 5.61. The average Bonchev–Trinajstić information content (AvgIpc) is 3.09. The number of methoxy groups -OCH3 is 1. The van der Waals surface area contributed by atoms with E-state index in [-0.39, 0.29) is 0 Å². The van der Waals surface area contributed by atoms with Crippen LogP contribution in [0.15, 0.2) is 38.2 Å². The van der Waals surface area contributed by atoms with Gasteiger partial charge >= 0.3 is 0 Å². The summed E-state index contributed by atoms with van der Waals surface area (Å²) < 4.78 is 15.6. The van der Waals surface area contributed by atoms with E-state index in [1.165, 1.54) is 23.3 Å². The van der Waals surface area contributed by atoms with Crippen molar-refractivity contribution in [2.75, 3.05) is 7.11 Å². The summed E-state index contributed by atoms with van der Waals surface area (Å²) in [5.41, 5.74) is 1.09. The molecule has 0 aliphatic rings. The Bertz CT molecular complexity index is 724. The van der Waals surface area contributed by atoms with E-state index in [2.05, 4.69) is 19.6 Å². The van der Waals surface area contributed by atoms with Crippen LogP contribution in [0.1, 0.15) is 17.3 Å². The number of hydrogen-bond donors (Lipinski definition) is 0. The number of rotatable bonds is 5. The second-order valence-corrected chi connectivity index (χ2v) is 6.15. The Balaban J connectivity index is 1.66. The average molecular weight is 320 g/mol. The summed E-state index contributed by atoms with van der Waals surface area (Å²) in [5.74, 6) is 2.15. The van der Waals surface area contributed by atoms with Gasteiger partial charge < -0.3 is 9.15 Å². The van der Waals surface area contributed by atoms with Gasteiger partial charge in [0, 0.05) is 11.8 Å². The molecule has 108 valence electrons. The minimum Gasteiger partial charge on any atom is -0.497 e. The normalized spacial score (nSPS) is 10.8. The van der Waals surface area contributed by atoms with Crippen LogP contribution in [-0.2, 0) is 6.42 Å². The predicted octanol–water partition coefficient (Wildman–Crippen LogP) is 2.98. The third-order valence-electron chi connectivity index (χ3n) is 2.65. The van der Waals surface area contributed by atoms with Crippen LogP contribution in [0.3, 0.4) is 0 Å². The molecule has 3 rings (SSSR count). The Morgan fingerprint density at radius 1 is 1.24 bits per heavy atom. The third kappa shape index (κ3) is 3.59. The van der Waals surface area contributed by atoms with Crippen LogP contribution in [0.5, 0.6) is 5.75 Å². The van der Waals surface area contributed by atoms with Crippen molar-refractivity contribution in [3.05, 3.63) is 41.5 Å². The van der Waals surface area contributed by atoms with E-state index in [1.807, 2.05) is 31.2 Å². The summed E-state index contributed by atoms with van der Waals surface area (Å²) in [6, 6.07) is 7.77. The van der Waals surface area contributed by atoms with Crippen LogP contribution in [0, 0.1) is 6.92 Å². The molecule has 0 spiro atoms. The Kier molecular flexibility index (Phi) is 4.16. The fourth-order valence-electron chi connectivity index (χ4n) is 1.66. The number of aromatic nitrogens is 4. The summed E-state index contributed by atoms with van der Waals surface area (Å²) >= 11 is 2.65. The second-order valence-electron chi connectivity index (χ2n) is 4.20. The standard InChI is InChI=1S/C13H12N4O2S2/c1-8-14-13(21-17-8)20-12-16-15-11(19-12)7-9-3-5-10(18-2)6-4-9/h3-6H,7H2,1-2H3. The number of hydrogen-bond acceptors (Lipinski definition) is 8. The van der Waals surface area contributed by atoms with E-state index in [1.54, 1.807) is 7.11 Å². The molecule has 0 bridgehead atoms. The second kappa shape index (κ2) is 6.23. The molecular weight excluding hydrogens is 308 g/mol. The van der Waals surface area contributed by atoms with Crippen LogP contribution in [0.25, 0.3) is 0 Å². The Hall–Kier alpha value is -1.93. The lowest BCUT2D eigenvalue weighted by molar-refractivity contribution is 0.413. The molecule has 0 fully saturated rings. The van der Waals surface area contributed by atoms with Gasteiger partial charge in [0.15, 0.2) is 4.34 Å². The first kappa shape index (κ1) is 14.0. The quantitative estimate of drug-likeness (QED) is 0.715. The zero-order valence-corrected chi connectivity index (χ0v) is 13.1. The minimum absolute atomic E-state index is 0.481. The van der Waals surface area contributed by atoms with Crippen molar-refractivity contribution in [3.8, 4) is 5.75 Å². The van der Waals surface area contributed by atoms with Crippen LogP contribution >= 0.6 is 23.3 Å². The molecule has 2 aromatic heterocycles. The van der Waals surface area contributed by atoms with Crippen molar-refractivity contribution in [1.29, 1.82) is 0 Å². The predicted molar refractivity (Wildman–Crippen MR) is 78.9 cm³/mol. The highest BCUT2D eigenvalue weighted by Gasteiger charge is 2.11. The molecule has 0 saturated heterocycles. The van der Waals surface area contributed by atoms with E-state index in [9.17, 15) is 0 Å². The van der Waals surface area contributed by atoms with Crippen LogP contribution in [0.2, 0.25) is 0 Å². The van der Waals surface area contributed by atoms with Crippen molar-refractivity contribution >= 4 is 23.3 Å². The number of aryl methyl sites for hydroxylation is 1. The molecule has 0 unspecified atom stereocenters. The lowest BCUT2D eigenvalue weighted by Crippen LogP contribution is -1.89. The van der Waals surface area contributed by atoms with E-state index in [0.29, 0.717) is 17.5 Å². The lowest BCUT2D eigenvalue weighted by Gasteiger charge is -2.00. The Morgan fingerprint density at radius 2 is 2.05 bits per heavy atom. The largest absolute Gasteiger partial charge is 0.497 e. The summed E-state index contributed by atoms with van der Waals surface area (Å²) in [7, 11) is 1.64. The molecule has 1 aromatic carbocycles. The van der Waals surface area contributed by atoms with Crippen LogP contribution in [0.4, 0.5) is 0 Å². The molecule has 0 amide bonds. The van der Waals surface area contributed by atoms with E-state index in [4.69, 9.17) is 9.15 Å². The van der Waals surface area contributed by atoms with Crippen molar-refractivity contribution < 1.29 is 9.15 Å². The van der Waals surface area contributed by atoms with Gasteiger partial charge in [-0.15, -0.1) is 10.2 Å². The van der Waals surface area contributed by atoms with Gasteiger partial charge in [-0.25, -0.2) is 4.98 Å². The molecule has 3 aromatic rings. The smallest absolute Gasteiger partial charge is 0.283 e. The molecule has 21 heavy (non-hydrogen) atoms. The molecule has 0 aliphatic carbocycles. The molecule has 0 radical (unpaired) electrons. The maximum Gasteiger partial charge on any atom is 0.283 e. The zero-order valence-electron chi connectivity index (χ0n) is 11.4. The maximum atomic E-state index is 5.61. The van der Waals surface area contributed by atoms with E-state index < -0.39 is 0 Å². The summed E-state index contributed by atoms with van der Waals surface area (Å²) in [5, 5.41) is 8.54. The highest BCUT2D eigenvalue weighted by molar-refractivity contribution is 8.00. The third-order valence-corrected chi connectivity index (χ3v) is 4.33. The van der Waals surface area contributed by atoms with Crippen molar-refractivity contribution in [2.45, 2.75) is 22.9 Å². The molecule has 6 nitrogen and oxygen atoms in total. The number of ether oxygens (including phenoxy) is 1. The van der Waals surface area contributed by atoms with Gasteiger partial charge in [0.2, 0.25) is 5.89 Å². The van der Waals surface area contributed by atoms with Gasteiger partial charge in [-0.05, 0) is 36.2 Å². The first-order valence-corrected chi connectivity index (χ1v) is 7.75. The van der Waals surface area contributed by atoms with Gasteiger partial charge in [0.05, 0.1) is 13.5 Å². The molecule has 0 atom stereocenters. The molecular formula is C13H12N4O2S2. The SMILES string of the molecule is COc1ccc(Cc2nnc(Sc3nc(C)ns3)o2)cc1. The van der Waals surface area contributed by atoms with Crippen LogP contribution < -0.4 is 4.74 Å².